The molecule has 51 heavy (non-hydrogen) atoms. The number of ether oxygens (including phenoxy) is 2. The fraction of sp³-hybridized carbons (Fsp3) is 0.568. The second kappa shape index (κ2) is 15.4. The van der Waals surface area contributed by atoms with Gasteiger partial charge in [-0.3, -0.25) is 0 Å². The van der Waals surface area contributed by atoms with Crippen molar-refractivity contribution in [1.29, 1.82) is 0 Å². The molecular formula is C44H57N3O4. The van der Waals surface area contributed by atoms with Crippen molar-refractivity contribution < 1.29 is 19.4 Å². The number of carbonyl (C=O) groups is 1. The molecule has 6 fully saturated rings. The molecule has 3 aromatic rings. The van der Waals surface area contributed by atoms with Crippen LogP contribution < -0.4 is 10.6 Å². The summed E-state index contributed by atoms with van der Waals surface area (Å²) in [5.41, 5.74) is 6.33. The molecule has 2 heterocycles. The Morgan fingerprint density at radius 1 is 0.784 bits per heavy atom. The standard InChI is InChI=1S/C44H57N3O4/c1-30-40(28-47-17-5-3-2-4-6-18-47)50-42(51-41(30)36-15-13-31(29-48)14-16-36)39-12-8-11-38(23-39)37-10-7-9-32(22-37)27-45-43(49)46-44-24-33-19-34(25-44)21-35(20-33)26-44/h7-16,22-23,30,33-35,40-42,48H,2-6,17-21,24-29H2,1H3,(H2,45,46,49)/t30-,33?,34?,35?,40+,41+,42+,44?/m0/s1. The minimum absolute atomic E-state index is 0.00945. The van der Waals surface area contributed by atoms with Crippen molar-refractivity contribution in [2.45, 2.75) is 115 Å². The van der Waals surface area contributed by atoms with Crippen LogP contribution in [0.1, 0.15) is 112 Å². The van der Waals surface area contributed by atoms with Crippen molar-refractivity contribution >= 4 is 6.03 Å². The average molecular weight is 692 g/mol. The summed E-state index contributed by atoms with van der Waals surface area (Å²) in [7, 11) is 0. The van der Waals surface area contributed by atoms with E-state index in [0.717, 1.165) is 90.0 Å². The van der Waals surface area contributed by atoms with Crippen LogP contribution in [0.25, 0.3) is 11.1 Å². The summed E-state index contributed by atoms with van der Waals surface area (Å²) >= 11 is 0. The van der Waals surface area contributed by atoms with E-state index < -0.39 is 6.29 Å². The molecule has 0 spiro atoms. The van der Waals surface area contributed by atoms with Gasteiger partial charge in [-0.1, -0.05) is 86.8 Å². The van der Waals surface area contributed by atoms with E-state index in [-0.39, 0.29) is 36.3 Å². The quantitative estimate of drug-likeness (QED) is 0.209. The highest BCUT2D eigenvalue weighted by molar-refractivity contribution is 5.75. The normalized spacial score (nSPS) is 32.2. The molecule has 0 aromatic heterocycles. The Labute approximate surface area is 304 Å². The maximum Gasteiger partial charge on any atom is 0.315 e. The van der Waals surface area contributed by atoms with E-state index in [1.54, 1.807) is 0 Å². The number of hydrogen-bond acceptors (Lipinski definition) is 5. The summed E-state index contributed by atoms with van der Waals surface area (Å²) in [6.07, 6.45) is 13.4. The first-order valence-corrected chi connectivity index (χ1v) is 19.9. The van der Waals surface area contributed by atoms with Crippen LogP contribution in [0.4, 0.5) is 4.79 Å². The Morgan fingerprint density at radius 3 is 2.12 bits per heavy atom. The van der Waals surface area contributed by atoms with Gasteiger partial charge >= 0.3 is 6.03 Å². The van der Waals surface area contributed by atoms with Crippen molar-refractivity contribution in [2.24, 2.45) is 23.7 Å². The van der Waals surface area contributed by atoms with Gasteiger partial charge in [0.2, 0.25) is 0 Å². The number of nitrogens with zero attached hydrogens (tertiary/aromatic N) is 1. The van der Waals surface area contributed by atoms with Crippen LogP contribution in [0.3, 0.4) is 0 Å². The lowest BCUT2D eigenvalue weighted by molar-refractivity contribution is -0.276. The molecule has 3 aromatic carbocycles. The SMILES string of the molecule is C[C@H]1[C@@H](CN2CCCCCCC2)O[C@@H](c2cccc(-c3cccc(CNC(=O)NC45CC6CC(CC(C6)C4)C5)c3)c2)O[C@H]1c1ccc(CO)cc1. The van der Waals surface area contributed by atoms with Crippen molar-refractivity contribution in [1.82, 2.24) is 15.5 Å². The summed E-state index contributed by atoms with van der Waals surface area (Å²) in [5, 5.41) is 16.3. The first kappa shape index (κ1) is 34.8. The van der Waals surface area contributed by atoms with Gasteiger partial charge in [0, 0.05) is 30.1 Å². The van der Waals surface area contributed by atoms with Crippen molar-refractivity contribution in [3.8, 4) is 11.1 Å². The molecular weight excluding hydrogens is 635 g/mol. The highest BCUT2D eigenvalue weighted by atomic mass is 16.7. The zero-order chi connectivity index (χ0) is 34.8. The molecule has 2 saturated heterocycles. The number of rotatable bonds is 9. The number of urea groups is 1. The Kier molecular flexibility index (Phi) is 10.5. The minimum Gasteiger partial charge on any atom is -0.392 e. The minimum atomic E-state index is -0.499. The van der Waals surface area contributed by atoms with Crippen LogP contribution in [-0.4, -0.2) is 47.3 Å². The van der Waals surface area contributed by atoms with Gasteiger partial charge in [0.15, 0.2) is 6.29 Å². The van der Waals surface area contributed by atoms with Gasteiger partial charge in [-0.25, -0.2) is 4.79 Å². The van der Waals surface area contributed by atoms with E-state index >= 15 is 0 Å². The van der Waals surface area contributed by atoms with Gasteiger partial charge in [-0.15, -0.1) is 0 Å². The predicted molar refractivity (Wildman–Crippen MR) is 201 cm³/mol. The molecule has 0 radical (unpaired) electrons. The molecule has 2 aliphatic heterocycles. The summed E-state index contributed by atoms with van der Waals surface area (Å²) < 4.78 is 13.7. The lowest BCUT2D eigenvalue weighted by Crippen LogP contribution is -2.61. The van der Waals surface area contributed by atoms with E-state index in [2.05, 4.69) is 83.1 Å². The fourth-order valence-electron chi connectivity index (χ4n) is 10.5. The van der Waals surface area contributed by atoms with Gasteiger partial charge in [-0.05, 0) is 122 Å². The van der Waals surface area contributed by atoms with Gasteiger partial charge in [0.25, 0.3) is 0 Å². The van der Waals surface area contributed by atoms with Crippen LogP contribution in [0, 0.1) is 23.7 Å². The Hall–Kier alpha value is -3.23. The van der Waals surface area contributed by atoms with Crippen LogP contribution in [0.2, 0.25) is 0 Å². The van der Waals surface area contributed by atoms with Crippen LogP contribution in [0.15, 0.2) is 72.8 Å². The molecule has 4 atom stereocenters. The molecule has 0 unspecified atom stereocenters. The molecule has 9 rings (SSSR count). The Bertz CT molecular complexity index is 1600. The smallest absolute Gasteiger partial charge is 0.315 e. The maximum atomic E-state index is 13.2. The highest BCUT2D eigenvalue weighted by Crippen LogP contribution is 2.55. The largest absolute Gasteiger partial charge is 0.392 e. The van der Waals surface area contributed by atoms with Gasteiger partial charge in [0.05, 0.1) is 18.8 Å². The van der Waals surface area contributed by atoms with Crippen molar-refractivity contribution in [2.75, 3.05) is 19.6 Å². The van der Waals surface area contributed by atoms with E-state index in [0.29, 0.717) is 6.54 Å². The van der Waals surface area contributed by atoms with E-state index in [9.17, 15) is 9.90 Å². The molecule has 4 saturated carbocycles. The summed E-state index contributed by atoms with van der Waals surface area (Å²) in [5.74, 6) is 2.57. The summed E-state index contributed by atoms with van der Waals surface area (Å²) in [6.45, 7) is 5.93. The first-order chi connectivity index (χ1) is 24.9. The van der Waals surface area contributed by atoms with Crippen LogP contribution >= 0.6 is 0 Å². The summed E-state index contributed by atoms with van der Waals surface area (Å²) in [4.78, 5) is 15.8. The number of likely N-dealkylation sites (tertiary alicyclic amines) is 1. The molecule has 272 valence electrons. The van der Waals surface area contributed by atoms with Gasteiger partial charge < -0.3 is 30.1 Å². The summed E-state index contributed by atoms with van der Waals surface area (Å²) in [6, 6.07) is 25.2. The number of amides is 2. The predicted octanol–water partition coefficient (Wildman–Crippen LogP) is 8.67. The molecule has 7 nitrogen and oxygen atoms in total. The van der Waals surface area contributed by atoms with Crippen LogP contribution in [-0.2, 0) is 22.6 Å². The molecule has 7 heteroatoms. The lowest BCUT2D eigenvalue weighted by atomic mass is 9.53. The topological polar surface area (TPSA) is 83.1 Å². The number of nitrogens with one attached hydrogen (secondary N) is 2. The third kappa shape index (κ3) is 8.07. The number of hydrogen-bond donors (Lipinski definition) is 3. The van der Waals surface area contributed by atoms with Crippen molar-refractivity contribution in [3.63, 3.8) is 0 Å². The maximum absolute atomic E-state index is 13.2. The second-order valence-electron chi connectivity index (χ2n) is 16.7. The molecule has 2 amide bonds. The first-order valence-electron chi connectivity index (χ1n) is 19.9. The molecule has 3 N–H and O–H groups in total. The van der Waals surface area contributed by atoms with E-state index in [1.165, 1.54) is 51.4 Å². The van der Waals surface area contributed by atoms with Gasteiger partial charge in [-0.2, -0.15) is 0 Å². The second-order valence-corrected chi connectivity index (χ2v) is 16.7. The number of aliphatic hydroxyl groups is 1. The van der Waals surface area contributed by atoms with E-state index in [1.807, 2.05) is 12.1 Å². The monoisotopic (exact) mass is 691 g/mol. The Morgan fingerprint density at radius 2 is 1.43 bits per heavy atom. The average Bonchev–Trinajstić information content (AvgIpc) is 3.12. The zero-order valence-electron chi connectivity index (χ0n) is 30.4. The molecule has 4 aliphatic carbocycles. The highest BCUT2D eigenvalue weighted by Gasteiger charge is 2.51. The van der Waals surface area contributed by atoms with Crippen molar-refractivity contribution in [3.05, 3.63) is 95.1 Å². The number of aliphatic hydroxyl groups excluding tert-OH is 1. The number of benzene rings is 3. The van der Waals surface area contributed by atoms with Crippen LogP contribution in [0.5, 0.6) is 0 Å². The van der Waals surface area contributed by atoms with E-state index in [4.69, 9.17) is 9.47 Å². The fourth-order valence-corrected chi connectivity index (χ4v) is 10.5. The zero-order valence-corrected chi connectivity index (χ0v) is 30.4. The third-order valence-electron chi connectivity index (χ3n) is 12.8. The molecule has 4 bridgehead atoms. The third-order valence-corrected chi connectivity index (χ3v) is 12.8. The Balaban J connectivity index is 0.966. The molecule has 6 aliphatic rings. The number of carbonyl (C=O) groups excluding carboxylic acids is 1. The lowest BCUT2D eigenvalue weighted by Gasteiger charge is -2.56. The van der Waals surface area contributed by atoms with Gasteiger partial charge in [0.1, 0.15) is 0 Å².